The van der Waals surface area contributed by atoms with E-state index in [0.717, 1.165) is 43.8 Å². The van der Waals surface area contributed by atoms with E-state index in [1.54, 1.807) is 0 Å². The van der Waals surface area contributed by atoms with Crippen molar-refractivity contribution in [2.24, 2.45) is 0 Å². The Morgan fingerprint density at radius 1 is 1.13 bits per heavy atom. The predicted octanol–water partition coefficient (Wildman–Crippen LogP) is 7.07. The molecule has 0 bridgehead atoms. The number of hydrogen-bond acceptors (Lipinski definition) is 1. The molecule has 6 heteroatoms. The van der Waals surface area contributed by atoms with Crippen LogP contribution < -0.4 is 5.32 Å². The smallest absolute Gasteiger partial charge is 0.322 e. The molecule has 1 aliphatic heterocycles. The van der Waals surface area contributed by atoms with Crippen LogP contribution in [0.3, 0.4) is 0 Å². The van der Waals surface area contributed by atoms with Crippen molar-refractivity contribution in [3.8, 4) is 0 Å². The Balaban J connectivity index is 1.59. The average Bonchev–Trinajstić information content (AvgIpc) is 3.11. The highest BCUT2D eigenvalue weighted by Gasteiger charge is 2.34. The molecule has 1 aromatic heterocycles. The molecule has 2 heterocycles. The molecule has 4 aromatic rings. The molecule has 0 saturated carbocycles. The van der Waals surface area contributed by atoms with Gasteiger partial charge in [0.05, 0.1) is 6.04 Å². The van der Waals surface area contributed by atoms with Crippen molar-refractivity contribution >= 4 is 50.2 Å². The number of aromatic amines is 1. The highest BCUT2D eigenvalue weighted by molar-refractivity contribution is 9.10. The number of carbonyl (C=O) groups excluding carboxylic acids is 1. The maximum absolute atomic E-state index is 13.4. The van der Waals surface area contributed by atoms with Crippen LogP contribution in [0.1, 0.15) is 28.4 Å². The third-order valence-corrected chi connectivity index (χ3v) is 6.55. The zero-order valence-electron chi connectivity index (χ0n) is 17.0. The molecule has 0 spiro atoms. The quantitative estimate of drug-likeness (QED) is 0.307. The Morgan fingerprint density at radius 3 is 2.71 bits per heavy atom. The van der Waals surface area contributed by atoms with E-state index >= 15 is 0 Å². The van der Waals surface area contributed by atoms with Crippen LogP contribution >= 0.6 is 27.5 Å². The summed E-state index contributed by atoms with van der Waals surface area (Å²) in [6, 6.07) is 21.6. The van der Waals surface area contributed by atoms with Crippen molar-refractivity contribution < 1.29 is 4.79 Å². The molecule has 0 aliphatic carbocycles. The van der Waals surface area contributed by atoms with Gasteiger partial charge >= 0.3 is 6.03 Å². The van der Waals surface area contributed by atoms with E-state index < -0.39 is 0 Å². The third-order valence-electron chi connectivity index (χ3n) is 5.82. The number of anilines is 1. The van der Waals surface area contributed by atoms with Gasteiger partial charge in [-0.1, -0.05) is 63.4 Å². The number of hydrogen-bond donors (Lipinski definition) is 2. The standard InChI is InChI=1S/C25H21BrClN3O/c1-15-5-7-16(8-6-15)24-23-20(21-14-18(27)9-10-22(21)29-23)11-12-30(24)25(31)28-19-4-2-3-17(26)13-19/h2-10,13-14,24,29H,11-12H2,1H3,(H,28,31)/t24-/m0/s1. The molecular weight excluding hydrogens is 474 g/mol. The minimum atomic E-state index is -0.206. The minimum Gasteiger partial charge on any atom is -0.356 e. The maximum Gasteiger partial charge on any atom is 0.322 e. The molecule has 0 radical (unpaired) electrons. The molecule has 1 atom stereocenters. The summed E-state index contributed by atoms with van der Waals surface area (Å²) in [6.45, 7) is 2.68. The van der Waals surface area contributed by atoms with Crippen molar-refractivity contribution in [1.29, 1.82) is 0 Å². The summed E-state index contributed by atoms with van der Waals surface area (Å²) in [6.07, 6.45) is 0.768. The van der Waals surface area contributed by atoms with Gasteiger partial charge in [0.1, 0.15) is 0 Å². The van der Waals surface area contributed by atoms with Gasteiger partial charge in [0.15, 0.2) is 0 Å². The number of urea groups is 1. The minimum absolute atomic E-state index is 0.119. The topological polar surface area (TPSA) is 48.1 Å². The van der Waals surface area contributed by atoms with Gasteiger partial charge < -0.3 is 15.2 Å². The summed E-state index contributed by atoms with van der Waals surface area (Å²) in [5.74, 6) is 0. The van der Waals surface area contributed by atoms with Crippen LogP contribution in [0.2, 0.25) is 5.02 Å². The molecule has 2 N–H and O–H groups in total. The second-order valence-corrected chi connectivity index (χ2v) is 9.26. The van der Waals surface area contributed by atoms with Crippen LogP contribution in [0, 0.1) is 6.92 Å². The summed E-state index contributed by atoms with van der Waals surface area (Å²) >= 11 is 9.75. The molecule has 3 aromatic carbocycles. The van der Waals surface area contributed by atoms with Gasteiger partial charge in [0.25, 0.3) is 0 Å². The van der Waals surface area contributed by atoms with E-state index in [0.29, 0.717) is 6.54 Å². The molecule has 156 valence electrons. The number of halogens is 2. The lowest BCUT2D eigenvalue weighted by Crippen LogP contribution is -2.43. The second kappa shape index (κ2) is 8.06. The number of carbonyl (C=O) groups is 1. The third kappa shape index (κ3) is 3.84. The fourth-order valence-corrected chi connectivity index (χ4v) is 4.91. The van der Waals surface area contributed by atoms with Gasteiger partial charge in [-0.25, -0.2) is 4.79 Å². The largest absolute Gasteiger partial charge is 0.356 e. The van der Waals surface area contributed by atoms with Crippen LogP contribution in [0.25, 0.3) is 10.9 Å². The Labute approximate surface area is 194 Å². The average molecular weight is 495 g/mol. The molecule has 4 nitrogen and oxygen atoms in total. The number of aryl methyl sites for hydroxylation is 1. The first kappa shape index (κ1) is 20.2. The van der Waals surface area contributed by atoms with Crippen molar-refractivity contribution in [3.05, 3.63) is 98.6 Å². The summed E-state index contributed by atoms with van der Waals surface area (Å²) in [5.41, 5.74) is 6.35. The molecule has 1 aliphatic rings. The zero-order valence-corrected chi connectivity index (χ0v) is 19.3. The molecule has 5 rings (SSSR count). The van der Waals surface area contributed by atoms with Crippen molar-refractivity contribution in [3.63, 3.8) is 0 Å². The first-order valence-electron chi connectivity index (χ1n) is 10.2. The monoisotopic (exact) mass is 493 g/mol. The summed E-state index contributed by atoms with van der Waals surface area (Å²) in [4.78, 5) is 18.9. The lowest BCUT2D eigenvalue weighted by molar-refractivity contribution is 0.193. The fourth-order valence-electron chi connectivity index (χ4n) is 4.34. The van der Waals surface area contributed by atoms with E-state index in [1.165, 1.54) is 11.1 Å². The number of benzene rings is 3. The number of rotatable bonds is 2. The second-order valence-electron chi connectivity index (χ2n) is 7.90. The van der Waals surface area contributed by atoms with Crippen molar-refractivity contribution in [2.45, 2.75) is 19.4 Å². The number of nitrogens with one attached hydrogen (secondary N) is 2. The normalized spacial score (nSPS) is 15.7. The first-order chi connectivity index (χ1) is 15.0. The summed E-state index contributed by atoms with van der Waals surface area (Å²) < 4.78 is 0.925. The van der Waals surface area contributed by atoms with Gasteiger partial charge in [-0.3, -0.25) is 0 Å². The Hall–Kier alpha value is -2.76. The van der Waals surface area contributed by atoms with E-state index in [9.17, 15) is 4.79 Å². The number of fused-ring (bicyclic) bond motifs is 3. The highest BCUT2D eigenvalue weighted by Crippen LogP contribution is 2.39. The van der Waals surface area contributed by atoms with E-state index in [-0.39, 0.29) is 12.1 Å². The molecule has 2 amide bonds. The number of H-pyrrole nitrogens is 1. The molecule has 0 unspecified atom stereocenters. The highest BCUT2D eigenvalue weighted by atomic mass is 79.9. The van der Waals surface area contributed by atoms with Crippen molar-refractivity contribution in [1.82, 2.24) is 9.88 Å². The SMILES string of the molecule is Cc1ccc([C@H]2c3[nH]c4ccc(Cl)cc4c3CCN2C(=O)Nc2cccc(Br)c2)cc1. The van der Waals surface area contributed by atoms with Crippen LogP contribution in [0.4, 0.5) is 10.5 Å². The summed E-state index contributed by atoms with van der Waals surface area (Å²) in [7, 11) is 0. The van der Waals surface area contributed by atoms with Crippen LogP contribution in [-0.2, 0) is 6.42 Å². The Kier molecular flexibility index (Phi) is 5.24. The van der Waals surface area contributed by atoms with Crippen molar-refractivity contribution in [2.75, 3.05) is 11.9 Å². The van der Waals surface area contributed by atoms with Gasteiger partial charge in [-0.2, -0.15) is 0 Å². The number of aromatic nitrogens is 1. The number of amides is 2. The van der Waals surface area contributed by atoms with Crippen LogP contribution in [0.5, 0.6) is 0 Å². The van der Waals surface area contributed by atoms with Crippen LogP contribution in [0.15, 0.2) is 71.2 Å². The molecular formula is C25H21BrClN3O. The predicted molar refractivity (Wildman–Crippen MR) is 130 cm³/mol. The van der Waals surface area contributed by atoms with Gasteiger partial charge in [0, 0.05) is 38.3 Å². The fraction of sp³-hybridized carbons (Fsp3) is 0.160. The summed E-state index contributed by atoms with van der Waals surface area (Å²) in [5, 5.41) is 4.91. The lowest BCUT2D eigenvalue weighted by atomic mass is 9.92. The van der Waals surface area contributed by atoms with Gasteiger partial charge in [-0.15, -0.1) is 0 Å². The van der Waals surface area contributed by atoms with E-state index in [1.807, 2.05) is 47.4 Å². The zero-order chi connectivity index (χ0) is 21.5. The van der Waals surface area contributed by atoms with Gasteiger partial charge in [0.2, 0.25) is 0 Å². The van der Waals surface area contributed by atoms with E-state index in [4.69, 9.17) is 11.6 Å². The maximum atomic E-state index is 13.4. The first-order valence-corrected chi connectivity index (χ1v) is 11.4. The molecule has 0 fully saturated rings. The van der Waals surface area contributed by atoms with Gasteiger partial charge in [-0.05, 0) is 60.9 Å². The lowest BCUT2D eigenvalue weighted by Gasteiger charge is -2.36. The number of nitrogens with zero attached hydrogens (tertiary/aromatic N) is 1. The Morgan fingerprint density at radius 2 is 1.94 bits per heavy atom. The Bertz CT molecular complexity index is 1280. The van der Waals surface area contributed by atoms with E-state index in [2.05, 4.69) is 57.4 Å². The molecule has 31 heavy (non-hydrogen) atoms. The van der Waals surface area contributed by atoms with Crippen LogP contribution in [-0.4, -0.2) is 22.5 Å². The molecule has 0 saturated heterocycles.